The molecule has 1 amide bonds. The van der Waals surface area contributed by atoms with Crippen LogP contribution in [0, 0.1) is 6.92 Å². The van der Waals surface area contributed by atoms with E-state index in [4.69, 9.17) is 0 Å². The quantitative estimate of drug-likeness (QED) is 0.925. The summed E-state index contributed by atoms with van der Waals surface area (Å²) in [7, 11) is 0. The van der Waals surface area contributed by atoms with Crippen molar-refractivity contribution in [2.45, 2.75) is 19.4 Å². The van der Waals surface area contributed by atoms with Gasteiger partial charge in [0, 0.05) is 24.6 Å². The minimum atomic E-state index is -0.229. The monoisotopic (exact) mass is 268 g/mol. The van der Waals surface area contributed by atoms with Crippen molar-refractivity contribution in [3.8, 4) is 0 Å². The molecule has 1 aromatic carbocycles. The molecular formula is C15H16N4O. The highest BCUT2D eigenvalue weighted by molar-refractivity contribution is 6.00. The number of anilines is 2. The Balaban J connectivity index is 1.72. The van der Waals surface area contributed by atoms with Gasteiger partial charge < -0.3 is 10.2 Å². The number of nitrogens with zero attached hydrogens (tertiary/aromatic N) is 3. The Bertz CT molecular complexity index is 597. The SMILES string of the molecule is Cc1ccc(N2CCC(Nc3cnccn3)C2=O)cc1. The Hall–Kier alpha value is -2.43. The van der Waals surface area contributed by atoms with Gasteiger partial charge in [0.25, 0.3) is 0 Å². The second kappa shape index (κ2) is 5.28. The minimum Gasteiger partial charge on any atom is -0.357 e. The van der Waals surface area contributed by atoms with E-state index in [1.54, 1.807) is 18.6 Å². The van der Waals surface area contributed by atoms with Gasteiger partial charge in [0.15, 0.2) is 0 Å². The van der Waals surface area contributed by atoms with Gasteiger partial charge in [0.05, 0.1) is 6.20 Å². The van der Waals surface area contributed by atoms with Crippen LogP contribution in [0.2, 0.25) is 0 Å². The summed E-state index contributed by atoms with van der Waals surface area (Å²) < 4.78 is 0. The number of aromatic nitrogens is 2. The van der Waals surface area contributed by atoms with Crippen molar-refractivity contribution >= 4 is 17.4 Å². The highest BCUT2D eigenvalue weighted by atomic mass is 16.2. The predicted molar refractivity (Wildman–Crippen MR) is 77.6 cm³/mol. The van der Waals surface area contributed by atoms with Crippen LogP contribution < -0.4 is 10.2 Å². The van der Waals surface area contributed by atoms with Crippen molar-refractivity contribution in [3.05, 3.63) is 48.4 Å². The largest absolute Gasteiger partial charge is 0.357 e. The van der Waals surface area contributed by atoms with Crippen molar-refractivity contribution in [1.82, 2.24) is 9.97 Å². The highest BCUT2D eigenvalue weighted by Crippen LogP contribution is 2.23. The molecule has 1 fully saturated rings. The van der Waals surface area contributed by atoms with Gasteiger partial charge in [-0.3, -0.25) is 9.78 Å². The van der Waals surface area contributed by atoms with Crippen molar-refractivity contribution < 1.29 is 4.79 Å². The molecule has 1 aliphatic rings. The summed E-state index contributed by atoms with van der Waals surface area (Å²) in [5, 5.41) is 3.14. The molecule has 5 heteroatoms. The maximum Gasteiger partial charge on any atom is 0.249 e. The number of hydrogen-bond acceptors (Lipinski definition) is 4. The molecule has 1 saturated heterocycles. The first-order chi connectivity index (χ1) is 9.74. The Morgan fingerprint density at radius 3 is 2.75 bits per heavy atom. The van der Waals surface area contributed by atoms with Crippen LogP contribution in [0.5, 0.6) is 0 Å². The van der Waals surface area contributed by atoms with Crippen molar-refractivity contribution in [1.29, 1.82) is 0 Å². The summed E-state index contributed by atoms with van der Waals surface area (Å²) in [6.45, 7) is 2.76. The number of amides is 1. The molecule has 0 aliphatic carbocycles. The highest BCUT2D eigenvalue weighted by Gasteiger charge is 2.32. The molecule has 0 bridgehead atoms. The summed E-state index contributed by atoms with van der Waals surface area (Å²) in [6.07, 6.45) is 5.62. The summed E-state index contributed by atoms with van der Waals surface area (Å²) in [5.74, 6) is 0.719. The van der Waals surface area contributed by atoms with Gasteiger partial charge in [-0.25, -0.2) is 4.98 Å². The van der Waals surface area contributed by atoms with Crippen LogP contribution in [0.15, 0.2) is 42.9 Å². The summed E-state index contributed by atoms with van der Waals surface area (Å²) in [4.78, 5) is 22.4. The summed E-state index contributed by atoms with van der Waals surface area (Å²) in [6, 6.07) is 7.78. The zero-order chi connectivity index (χ0) is 13.9. The van der Waals surface area contributed by atoms with E-state index >= 15 is 0 Å². The Labute approximate surface area is 117 Å². The molecule has 3 rings (SSSR count). The fourth-order valence-electron chi connectivity index (χ4n) is 2.35. The fourth-order valence-corrected chi connectivity index (χ4v) is 2.35. The van der Waals surface area contributed by atoms with Crippen molar-refractivity contribution in [3.63, 3.8) is 0 Å². The van der Waals surface area contributed by atoms with Gasteiger partial charge in [-0.15, -0.1) is 0 Å². The molecule has 1 atom stereocenters. The van der Waals surface area contributed by atoms with Crippen molar-refractivity contribution in [2.24, 2.45) is 0 Å². The molecule has 0 radical (unpaired) electrons. The van der Waals surface area contributed by atoms with E-state index in [1.807, 2.05) is 36.1 Å². The van der Waals surface area contributed by atoms with Gasteiger partial charge in [0.2, 0.25) is 5.91 Å². The van der Waals surface area contributed by atoms with E-state index in [-0.39, 0.29) is 11.9 Å². The van der Waals surface area contributed by atoms with Crippen LogP contribution >= 0.6 is 0 Å². The van der Waals surface area contributed by atoms with Crippen molar-refractivity contribution in [2.75, 3.05) is 16.8 Å². The van der Waals surface area contributed by atoms with E-state index in [1.165, 1.54) is 5.56 Å². The molecule has 102 valence electrons. The standard InChI is InChI=1S/C15H16N4O/c1-11-2-4-12(5-3-11)19-9-6-13(15(19)20)18-14-10-16-7-8-17-14/h2-5,7-8,10,13H,6,9H2,1H3,(H,17,18). The van der Waals surface area contributed by atoms with Crippen LogP contribution in [0.1, 0.15) is 12.0 Å². The first-order valence-electron chi connectivity index (χ1n) is 6.64. The average Bonchev–Trinajstić information content (AvgIpc) is 2.83. The lowest BCUT2D eigenvalue weighted by molar-refractivity contribution is -0.117. The molecule has 1 aromatic heterocycles. The first-order valence-corrected chi connectivity index (χ1v) is 6.64. The topological polar surface area (TPSA) is 58.1 Å². The molecule has 2 heterocycles. The molecule has 1 unspecified atom stereocenters. The number of hydrogen-bond donors (Lipinski definition) is 1. The summed E-state index contributed by atoms with van der Waals surface area (Å²) in [5.41, 5.74) is 2.14. The Morgan fingerprint density at radius 2 is 2.05 bits per heavy atom. The third-order valence-electron chi connectivity index (χ3n) is 3.44. The second-order valence-corrected chi connectivity index (χ2v) is 4.90. The van der Waals surface area contributed by atoms with Crippen LogP contribution in [-0.4, -0.2) is 28.5 Å². The van der Waals surface area contributed by atoms with E-state index in [0.717, 1.165) is 18.7 Å². The Morgan fingerprint density at radius 1 is 1.25 bits per heavy atom. The normalized spacial score (nSPS) is 18.4. The van der Waals surface area contributed by atoms with E-state index < -0.39 is 0 Å². The number of benzene rings is 1. The zero-order valence-electron chi connectivity index (χ0n) is 11.3. The molecular weight excluding hydrogens is 252 g/mol. The lowest BCUT2D eigenvalue weighted by Crippen LogP contribution is -2.33. The Kier molecular flexibility index (Phi) is 3.33. The predicted octanol–water partition coefficient (Wildman–Crippen LogP) is 2.00. The average molecular weight is 268 g/mol. The maximum absolute atomic E-state index is 12.4. The molecule has 2 aromatic rings. The van der Waals surface area contributed by atoms with Crippen LogP contribution in [-0.2, 0) is 4.79 Å². The number of carbonyl (C=O) groups is 1. The maximum atomic E-state index is 12.4. The molecule has 1 aliphatic heterocycles. The van der Waals surface area contributed by atoms with Crippen LogP contribution in [0.4, 0.5) is 11.5 Å². The van der Waals surface area contributed by atoms with Gasteiger partial charge in [-0.05, 0) is 25.5 Å². The number of aryl methyl sites for hydroxylation is 1. The first kappa shape index (κ1) is 12.6. The third kappa shape index (κ3) is 2.47. The zero-order valence-corrected chi connectivity index (χ0v) is 11.3. The number of nitrogens with one attached hydrogen (secondary N) is 1. The second-order valence-electron chi connectivity index (χ2n) is 4.90. The molecule has 0 saturated carbocycles. The van der Waals surface area contributed by atoms with Gasteiger partial charge >= 0.3 is 0 Å². The van der Waals surface area contributed by atoms with E-state index in [9.17, 15) is 4.79 Å². The number of carbonyl (C=O) groups excluding carboxylic acids is 1. The molecule has 1 N–H and O–H groups in total. The number of rotatable bonds is 3. The van der Waals surface area contributed by atoms with Gasteiger partial charge in [-0.2, -0.15) is 0 Å². The summed E-state index contributed by atoms with van der Waals surface area (Å²) >= 11 is 0. The lowest BCUT2D eigenvalue weighted by atomic mass is 10.2. The fraction of sp³-hybridized carbons (Fsp3) is 0.267. The third-order valence-corrected chi connectivity index (χ3v) is 3.44. The van der Waals surface area contributed by atoms with E-state index in [2.05, 4.69) is 15.3 Å². The van der Waals surface area contributed by atoms with Gasteiger partial charge in [-0.1, -0.05) is 17.7 Å². The smallest absolute Gasteiger partial charge is 0.249 e. The molecule has 5 nitrogen and oxygen atoms in total. The minimum absolute atomic E-state index is 0.0829. The molecule has 0 spiro atoms. The van der Waals surface area contributed by atoms with E-state index in [0.29, 0.717) is 5.82 Å². The lowest BCUT2D eigenvalue weighted by Gasteiger charge is -2.17. The van der Waals surface area contributed by atoms with Crippen LogP contribution in [0.3, 0.4) is 0 Å². The van der Waals surface area contributed by atoms with Crippen LogP contribution in [0.25, 0.3) is 0 Å². The van der Waals surface area contributed by atoms with Gasteiger partial charge in [0.1, 0.15) is 11.9 Å². The molecule has 20 heavy (non-hydrogen) atoms.